The molecule has 0 aliphatic heterocycles. The van der Waals surface area contributed by atoms with E-state index in [1.54, 1.807) is 12.4 Å². The highest BCUT2D eigenvalue weighted by Crippen LogP contribution is 2.51. The molecule has 12 rings (SSSR count). The molecule has 0 saturated carbocycles. The molecule has 2 aromatic heterocycles. The van der Waals surface area contributed by atoms with Crippen molar-refractivity contribution in [2.75, 3.05) is 0 Å². The Bertz CT molecular complexity index is 3450. The predicted octanol–water partition coefficient (Wildman–Crippen LogP) is 14.8. The summed E-state index contributed by atoms with van der Waals surface area (Å²) >= 11 is 0. The Hall–Kier alpha value is -7.36. The molecule has 0 fully saturated rings. The van der Waals surface area contributed by atoms with Crippen LogP contribution in [0.4, 0.5) is 0 Å². The van der Waals surface area contributed by atoms with E-state index in [-0.39, 0.29) is 5.41 Å². The number of fused-ring (bicyclic) bond motifs is 12. The van der Waals surface area contributed by atoms with E-state index in [0.29, 0.717) is 0 Å². The molecule has 58 heavy (non-hydrogen) atoms. The molecule has 2 heterocycles. The Morgan fingerprint density at radius 3 is 1.60 bits per heavy atom. The first-order valence-corrected chi connectivity index (χ1v) is 20.0. The molecule has 3 heteroatoms. The summed E-state index contributed by atoms with van der Waals surface area (Å²) in [6.07, 6.45) is 3.56. The van der Waals surface area contributed by atoms with Crippen molar-refractivity contribution in [1.29, 1.82) is 0 Å². The zero-order valence-corrected chi connectivity index (χ0v) is 32.1. The van der Waals surface area contributed by atoms with Gasteiger partial charge < -0.3 is 4.42 Å². The Morgan fingerprint density at radius 2 is 0.879 bits per heavy atom. The largest absolute Gasteiger partial charge is 0.455 e. The summed E-state index contributed by atoms with van der Waals surface area (Å²) in [5.74, 6) is 0. The highest BCUT2D eigenvalue weighted by molar-refractivity contribution is 6.23. The van der Waals surface area contributed by atoms with Crippen LogP contribution in [-0.4, -0.2) is 9.97 Å². The summed E-state index contributed by atoms with van der Waals surface area (Å²) in [7, 11) is 0. The van der Waals surface area contributed by atoms with Crippen LogP contribution >= 0.6 is 0 Å². The van der Waals surface area contributed by atoms with Gasteiger partial charge in [-0.05, 0) is 102 Å². The van der Waals surface area contributed by atoms with Crippen molar-refractivity contribution in [1.82, 2.24) is 9.97 Å². The monoisotopic (exact) mass is 740 g/mol. The Labute approximate surface area is 335 Å². The minimum absolute atomic E-state index is 0.156. The second kappa shape index (κ2) is 12.3. The van der Waals surface area contributed by atoms with E-state index < -0.39 is 0 Å². The van der Waals surface area contributed by atoms with Gasteiger partial charge in [-0.3, -0.25) is 9.97 Å². The molecule has 1 aliphatic rings. The highest BCUT2D eigenvalue weighted by Gasteiger charge is 2.36. The van der Waals surface area contributed by atoms with E-state index in [1.807, 2.05) is 12.1 Å². The van der Waals surface area contributed by atoms with E-state index in [2.05, 4.69) is 172 Å². The molecule has 0 bridgehead atoms. The Balaban J connectivity index is 0.866. The van der Waals surface area contributed by atoms with Crippen molar-refractivity contribution in [3.05, 3.63) is 193 Å². The topological polar surface area (TPSA) is 38.9 Å². The summed E-state index contributed by atoms with van der Waals surface area (Å²) in [5.41, 5.74) is 18.4. The van der Waals surface area contributed by atoms with E-state index in [1.165, 1.54) is 66.4 Å². The summed E-state index contributed by atoms with van der Waals surface area (Å²) in [6, 6.07) is 61.9. The fourth-order valence-electron chi connectivity index (χ4n) is 9.60. The Morgan fingerprint density at radius 1 is 0.362 bits per heavy atom. The van der Waals surface area contributed by atoms with Crippen molar-refractivity contribution in [2.24, 2.45) is 0 Å². The van der Waals surface area contributed by atoms with Gasteiger partial charge in [0.05, 0.1) is 11.0 Å². The van der Waals surface area contributed by atoms with Gasteiger partial charge in [-0.2, -0.15) is 0 Å². The lowest BCUT2D eigenvalue weighted by molar-refractivity contribution is 0.661. The lowest BCUT2D eigenvalue weighted by Crippen LogP contribution is -2.15. The maximum absolute atomic E-state index is 6.41. The standard InChI is InChI=1S/C55H36N2O/c1-55(2)49-31-37(34-19-17-33(18-20-34)36-23-26-46-48(30-36)41-11-3-4-13-45(41)52-53(46)57-28-27-56-52)21-24-42(49)43-25-22-38(32-50(43)55)35-9-7-10-39(29-35)40-14-8-15-47-44-12-5-6-16-51(44)58-54(40)47/h3-32H,1-2H3. The number of hydrogen-bond acceptors (Lipinski definition) is 3. The lowest BCUT2D eigenvalue weighted by atomic mass is 9.80. The van der Waals surface area contributed by atoms with Gasteiger partial charge in [-0.25, -0.2) is 0 Å². The number of para-hydroxylation sites is 2. The second-order valence-electron chi connectivity index (χ2n) is 16.1. The quantitative estimate of drug-likeness (QED) is 0.169. The number of benzene rings is 9. The molecule has 0 N–H and O–H groups in total. The third kappa shape index (κ3) is 4.86. The minimum Gasteiger partial charge on any atom is -0.455 e. The van der Waals surface area contributed by atoms with E-state index in [4.69, 9.17) is 14.4 Å². The molecule has 0 atom stereocenters. The molecule has 0 spiro atoms. The molecule has 0 saturated heterocycles. The lowest BCUT2D eigenvalue weighted by Gasteiger charge is -2.23. The number of furan rings is 1. The Kier molecular flexibility index (Phi) is 6.98. The van der Waals surface area contributed by atoms with Gasteiger partial charge in [0.2, 0.25) is 0 Å². The molecular weight excluding hydrogens is 705 g/mol. The maximum atomic E-state index is 6.41. The van der Waals surface area contributed by atoms with Gasteiger partial charge in [-0.1, -0.05) is 153 Å². The molecule has 9 aromatic carbocycles. The first kappa shape index (κ1) is 32.8. The molecule has 3 nitrogen and oxygen atoms in total. The average Bonchev–Trinajstić information content (AvgIpc) is 3.78. The van der Waals surface area contributed by atoms with Gasteiger partial charge in [0.1, 0.15) is 11.2 Å². The van der Waals surface area contributed by atoms with Crippen molar-refractivity contribution in [3.63, 3.8) is 0 Å². The van der Waals surface area contributed by atoms with E-state index in [9.17, 15) is 0 Å². The summed E-state index contributed by atoms with van der Waals surface area (Å²) < 4.78 is 6.41. The third-order valence-corrected chi connectivity index (χ3v) is 12.6. The summed E-state index contributed by atoms with van der Waals surface area (Å²) in [4.78, 5) is 9.43. The van der Waals surface area contributed by atoms with Crippen LogP contribution in [0.2, 0.25) is 0 Å². The summed E-state index contributed by atoms with van der Waals surface area (Å²) in [6.45, 7) is 4.73. The normalized spacial score (nSPS) is 13.1. The van der Waals surface area contributed by atoms with Gasteiger partial charge >= 0.3 is 0 Å². The zero-order chi connectivity index (χ0) is 38.5. The number of rotatable bonds is 4. The first-order chi connectivity index (χ1) is 28.5. The maximum Gasteiger partial charge on any atom is 0.143 e. The second-order valence-corrected chi connectivity index (χ2v) is 16.1. The third-order valence-electron chi connectivity index (χ3n) is 12.6. The fourth-order valence-corrected chi connectivity index (χ4v) is 9.60. The smallest absolute Gasteiger partial charge is 0.143 e. The molecule has 272 valence electrons. The highest BCUT2D eigenvalue weighted by atomic mass is 16.3. The fraction of sp³-hybridized carbons (Fsp3) is 0.0545. The average molecular weight is 741 g/mol. The van der Waals surface area contributed by atoms with Crippen LogP contribution in [0.5, 0.6) is 0 Å². The first-order valence-electron chi connectivity index (χ1n) is 20.0. The molecule has 0 unspecified atom stereocenters. The predicted molar refractivity (Wildman–Crippen MR) is 241 cm³/mol. The van der Waals surface area contributed by atoms with Crippen LogP contribution in [0.1, 0.15) is 25.0 Å². The molecule has 0 radical (unpaired) electrons. The van der Waals surface area contributed by atoms with Crippen molar-refractivity contribution < 1.29 is 4.42 Å². The SMILES string of the molecule is CC1(C)c2cc(-c3ccc(-c4ccc5c(c4)c4ccccc4c4nccnc54)cc3)ccc2-c2ccc(-c3cccc(-c4cccc5c4oc4ccccc45)c3)cc21. The minimum atomic E-state index is -0.156. The van der Waals surface area contributed by atoms with Gasteiger partial charge in [0.25, 0.3) is 0 Å². The molecule has 11 aromatic rings. The van der Waals surface area contributed by atoms with E-state index >= 15 is 0 Å². The van der Waals surface area contributed by atoms with Crippen molar-refractivity contribution in [3.8, 4) is 55.6 Å². The van der Waals surface area contributed by atoms with Crippen molar-refractivity contribution in [2.45, 2.75) is 19.3 Å². The molecular formula is C55H36N2O. The van der Waals surface area contributed by atoms with Crippen LogP contribution < -0.4 is 0 Å². The molecule has 1 aliphatic carbocycles. The van der Waals surface area contributed by atoms with Crippen LogP contribution in [0.3, 0.4) is 0 Å². The zero-order valence-electron chi connectivity index (χ0n) is 32.1. The molecule has 0 amide bonds. The number of aromatic nitrogens is 2. The van der Waals surface area contributed by atoms with Crippen molar-refractivity contribution >= 4 is 54.5 Å². The van der Waals surface area contributed by atoms with Crippen LogP contribution in [0.25, 0.3) is 110 Å². The van der Waals surface area contributed by atoms with Crippen LogP contribution in [0.15, 0.2) is 187 Å². The van der Waals surface area contributed by atoms with Crippen LogP contribution in [0, 0.1) is 0 Å². The van der Waals surface area contributed by atoms with Gasteiger partial charge in [0, 0.05) is 44.9 Å². The number of hydrogen-bond donors (Lipinski definition) is 0. The van der Waals surface area contributed by atoms with E-state index in [0.717, 1.165) is 54.9 Å². The van der Waals surface area contributed by atoms with Crippen LogP contribution in [-0.2, 0) is 5.41 Å². The number of nitrogens with zero attached hydrogens (tertiary/aromatic N) is 2. The summed E-state index contributed by atoms with van der Waals surface area (Å²) in [5, 5.41) is 6.95. The van der Waals surface area contributed by atoms with Gasteiger partial charge in [-0.15, -0.1) is 0 Å². The van der Waals surface area contributed by atoms with Gasteiger partial charge in [0.15, 0.2) is 0 Å².